The summed E-state index contributed by atoms with van der Waals surface area (Å²) in [5.74, 6) is 0.236. The number of nitrogens with zero attached hydrogens (tertiary/aromatic N) is 3. The molecular formula is C15H20N6OS. The summed E-state index contributed by atoms with van der Waals surface area (Å²) in [5, 5.41) is 3.31. The Morgan fingerprint density at radius 2 is 1.83 bits per heavy atom. The molecule has 0 spiro atoms. The highest BCUT2D eigenvalue weighted by Gasteiger charge is 2.10. The summed E-state index contributed by atoms with van der Waals surface area (Å²) in [6.07, 6.45) is 1.81. The number of benzene rings is 1. The minimum atomic E-state index is -0.0758. The Kier molecular flexibility index (Phi) is 6.16. The summed E-state index contributed by atoms with van der Waals surface area (Å²) in [4.78, 5) is 23.5. The van der Waals surface area contributed by atoms with Gasteiger partial charge >= 0.3 is 0 Å². The zero-order valence-corrected chi connectivity index (χ0v) is 13.7. The van der Waals surface area contributed by atoms with Gasteiger partial charge in [-0.3, -0.25) is 4.79 Å². The topological polar surface area (TPSA) is 120 Å². The lowest BCUT2D eigenvalue weighted by Gasteiger charge is -2.13. The van der Waals surface area contributed by atoms with Crippen molar-refractivity contribution < 1.29 is 4.79 Å². The fourth-order valence-corrected chi connectivity index (χ4v) is 2.66. The van der Waals surface area contributed by atoms with E-state index in [9.17, 15) is 4.79 Å². The van der Waals surface area contributed by atoms with Crippen molar-refractivity contribution in [1.82, 2.24) is 20.3 Å². The molecule has 0 aliphatic heterocycles. The van der Waals surface area contributed by atoms with Crippen molar-refractivity contribution in [3.05, 3.63) is 35.9 Å². The fraction of sp³-hybridized carbons (Fsp3) is 0.333. The lowest BCUT2D eigenvalue weighted by molar-refractivity contribution is -0.119. The zero-order chi connectivity index (χ0) is 16.7. The van der Waals surface area contributed by atoms with Crippen LogP contribution in [0.1, 0.15) is 18.9 Å². The lowest BCUT2D eigenvalue weighted by Crippen LogP contribution is -2.34. The molecule has 0 radical (unpaired) electrons. The van der Waals surface area contributed by atoms with Crippen LogP contribution in [0.15, 0.2) is 35.5 Å². The SMILES string of the molecule is C[C@H](CCc1ccccc1)NC(=O)CSc1nc(N)nc(N)n1. The van der Waals surface area contributed by atoms with E-state index in [4.69, 9.17) is 11.5 Å². The summed E-state index contributed by atoms with van der Waals surface area (Å²) in [7, 11) is 0. The Hall–Kier alpha value is -2.35. The maximum Gasteiger partial charge on any atom is 0.230 e. The van der Waals surface area contributed by atoms with E-state index in [1.165, 1.54) is 17.3 Å². The lowest BCUT2D eigenvalue weighted by atomic mass is 10.1. The number of hydrogen-bond donors (Lipinski definition) is 3. The number of aryl methyl sites for hydroxylation is 1. The van der Waals surface area contributed by atoms with Crippen LogP contribution >= 0.6 is 11.8 Å². The molecule has 23 heavy (non-hydrogen) atoms. The number of nitrogens with two attached hydrogens (primary N) is 2. The number of hydrogen-bond acceptors (Lipinski definition) is 7. The van der Waals surface area contributed by atoms with Crippen molar-refractivity contribution in [2.75, 3.05) is 17.2 Å². The van der Waals surface area contributed by atoms with Gasteiger partial charge in [-0.2, -0.15) is 15.0 Å². The van der Waals surface area contributed by atoms with Crippen LogP contribution in [0.3, 0.4) is 0 Å². The Balaban J connectivity index is 1.73. The fourth-order valence-electron chi connectivity index (χ4n) is 2.00. The van der Waals surface area contributed by atoms with Crippen molar-refractivity contribution >= 4 is 29.6 Å². The molecule has 0 bridgehead atoms. The molecule has 1 amide bonds. The number of aromatic nitrogens is 3. The standard InChI is InChI=1S/C15H20N6OS/c1-10(7-8-11-5-3-2-4-6-11)18-12(22)9-23-15-20-13(16)19-14(17)21-15/h2-6,10H,7-9H2,1H3,(H,18,22)(H4,16,17,19,20,21)/t10-/m1/s1. The number of rotatable bonds is 7. The predicted molar refractivity (Wildman–Crippen MR) is 91.7 cm³/mol. The minimum Gasteiger partial charge on any atom is -0.368 e. The second kappa shape index (κ2) is 8.33. The molecule has 0 aliphatic carbocycles. The minimum absolute atomic E-state index is 0.0524. The molecule has 2 rings (SSSR count). The van der Waals surface area contributed by atoms with Crippen LogP contribution in [0.5, 0.6) is 0 Å². The van der Waals surface area contributed by atoms with Gasteiger partial charge in [0.2, 0.25) is 17.8 Å². The van der Waals surface area contributed by atoms with Crippen LogP contribution in [0.2, 0.25) is 0 Å². The first-order valence-electron chi connectivity index (χ1n) is 7.26. The summed E-state index contributed by atoms with van der Waals surface area (Å²) in [6, 6.07) is 10.3. The number of nitrogens with one attached hydrogen (secondary N) is 1. The first-order valence-corrected chi connectivity index (χ1v) is 8.24. The summed E-state index contributed by atoms with van der Waals surface area (Å²) in [5.41, 5.74) is 12.2. The number of anilines is 2. The van der Waals surface area contributed by atoms with Crippen LogP contribution in [0.4, 0.5) is 11.9 Å². The van der Waals surface area contributed by atoms with Crippen LogP contribution in [-0.2, 0) is 11.2 Å². The highest BCUT2D eigenvalue weighted by molar-refractivity contribution is 7.99. The third-order valence-electron chi connectivity index (χ3n) is 3.10. The van der Waals surface area contributed by atoms with Crippen LogP contribution in [0, 0.1) is 0 Å². The quantitative estimate of drug-likeness (QED) is 0.653. The van der Waals surface area contributed by atoms with Gasteiger partial charge in [-0.25, -0.2) is 0 Å². The first kappa shape index (κ1) is 17.0. The Bertz CT molecular complexity index is 631. The third-order valence-corrected chi connectivity index (χ3v) is 3.95. The molecule has 2 aromatic rings. The van der Waals surface area contributed by atoms with E-state index in [0.717, 1.165) is 12.8 Å². The maximum absolute atomic E-state index is 11.9. The van der Waals surface area contributed by atoms with Crippen molar-refractivity contribution in [2.45, 2.75) is 31.0 Å². The number of nitrogen functional groups attached to an aromatic ring is 2. The zero-order valence-electron chi connectivity index (χ0n) is 12.9. The largest absolute Gasteiger partial charge is 0.368 e. The average Bonchev–Trinajstić information content (AvgIpc) is 2.51. The number of carbonyl (C=O) groups excluding carboxylic acids is 1. The Labute approximate surface area is 139 Å². The normalized spacial score (nSPS) is 11.9. The van der Waals surface area contributed by atoms with Gasteiger partial charge in [0, 0.05) is 6.04 Å². The van der Waals surface area contributed by atoms with E-state index in [0.29, 0.717) is 5.16 Å². The van der Waals surface area contributed by atoms with E-state index >= 15 is 0 Å². The molecule has 5 N–H and O–H groups in total. The van der Waals surface area contributed by atoms with Gasteiger partial charge in [0.15, 0.2) is 5.16 Å². The molecule has 1 aromatic heterocycles. The highest BCUT2D eigenvalue weighted by Crippen LogP contribution is 2.14. The number of amides is 1. The molecule has 0 saturated carbocycles. The van der Waals surface area contributed by atoms with Crippen molar-refractivity contribution in [3.8, 4) is 0 Å². The van der Waals surface area contributed by atoms with E-state index in [1.54, 1.807) is 0 Å². The van der Waals surface area contributed by atoms with Gasteiger partial charge in [0.25, 0.3) is 0 Å². The van der Waals surface area contributed by atoms with Crippen molar-refractivity contribution in [1.29, 1.82) is 0 Å². The number of carbonyl (C=O) groups is 1. The van der Waals surface area contributed by atoms with Crippen LogP contribution in [0.25, 0.3) is 0 Å². The van der Waals surface area contributed by atoms with Crippen molar-refractivity contribution in [2.24, 2.45) is 0 Å². The monoisotopic (exact) mass is 332 g/mol. The predicted octanol–water partition coefficient (Wildman–Crippen LogP) is 1.27. The van der Waals surface area contributed by atoms with E-state index in [2.05, 4.69) is 32.4 Å². The average molecular weight is 332 g/mol. The second-order valence-electron chi connectivity index (χ2n) is 5.12. The van der Waals surface area contributed by atoms with Gasteiger partial charge in [-0.1, -0.05) is 42.1 Å². The van der Waals surface area contributed by atoms with Gasteiger partial charge in [0.05, 0.1) is 5.75 Å². The number of thioether (sulfide) groups is 1. The summed E-state index contributed by atoms with van der Waals surface area (Å²) < 4.78 is 0. The van der Waals surface area contributed by atoms with Gasteiger partial charge in [-0.15, -0.1) is 0 Å². The molecule has 0 saturated heterocycles. The first-order chi connectivity index (χ1) is 11.0. The van der Waals surface area contributed by atoms with Gasteiger partial charge in [0.1, 0.15) is 0 Å². The smallest absolute Gasteiger partial charge is 0.230 e. The molecule has 0 aliphatic rings. The maximum atomic E-state index is 11.9. The van der Waals surface area contributed by atoms with Gasteiger partial charge in [-0.05, 0) is 25.3 Å². The van der Waals surface area contributed by atoms with E-state index in [1.807, 2.05) is 25.1 Å². The molecule has 122 valence electrons. The highest BCUT2D eigenvalue weighted by atomic mass is 32.2. The van der Waals surface area contributed by atoms with Crippen LogP contribution in [-0.4, -0.2) is 32.7 Å². The summed E-state index contributed by atoms with van der Waals surface area (Å²) >= 11 is 1.18. The molecule has 1 aromatic carbocycles. The molecule has 0 fully saturated rings. The van der Waals surface area contributed by atoms with Crippen LogP contribution < -0.4 is 16.8 Å². The van der Waals surface area contributed by atoms with Crippen molar-refractivity contribution in [3.63, 3.8) is 0 Å². The second-order valence-corrected chi connectivity index (χ2v) is 6.06. The molecule has 8 heteroatoms. The van der Waals surface area contributed by atoms with E-state index in [-0.39, 0.29) is 29.6 Å². The third kappa shape index (κ3) is 6.11. The summed E-state index contributed by atoms with van der Waals surface area (Å²) in [6.45, 7) is 1.99. The Morgan fingerprint density at radius 3 is 2.48 bits per heavy atom. The van der Waals surface area contributed by atoms with Gasteiger partial charge < -0.3 is 16.8 Å². The molecule has 7 nitrogen and oxygen atoms in total. The molecular weight excluding hydrogens is 312 g/mol. The molecule has 1 atom stereocenters. The molecule has 0 unspecified atom stereocenters. The Morgan fingerprint density at radius 1 is 1.17 bits per heavy atom. The molecule has 1 heterocycles. The van der Waals surface area contributed by atoms with E-state index < -0.39 is 0 Å².